The molecule has 8 heteroatoms. The van der Waals surface area contributed by atoms with Crippen molar-refractivity contribution >= 4 is 35.2 Å². The molecule has 1 amide bonds. The van der Waals surface area contributed by atoms with Gasteiger partial charge < -0.3 is 14.8 Å². The average molecular weight is 527 g/mol. The number of rotatable bonds is 7. The highest BCUT2D eigenvalue weighted by Crippen LogP contribution is 2.43. The summed E-state index contributed by atoms with van der Waals surface area (Å²) >= 11 is 12.1. The minimum absolute atomic E-state index is 0.156. The molecule has 5 rings (SSSR count). The molecule has 1 fully saturated rings. The first-order valence-corrected chi connectivity index (χ1v) is 12.5. The topological polar surface area (TPSA) is 60.5 Å². The van der Waals surface area contributed by atoms with Gasteiger partial charge in [0.15, 0.2) is 11.5 Å². The van der Waals surface area contributed by atoms with Crippen LogP contribution in [0.5, 0.6) is 17.2 Å². The second-order valence-corrected chi connectivity index (χ2v) is 10.4. The normalized spacial score (nSPS) is 16.6. The van der Waals surface area contributed by atoms with Gasteiger partial charge in [0.05, 0.1) is 12.7 Å². The molecule has 3 aromatic rings. The lowest BCUT2D eigenvalue weighted by molar-refractivity contribution is 0.0925. The highest BCUT2D eigenvalue weighted by molar-refractivity contribution is 6.35. The molecule has 2 aliphatic rings. The van der Waals surface area contributed by atoms with Gasteiger partial charge in [0.1, 0.15) is 28.8 Å². The summed E-state index contributed by atoms with van der Waals surface area (Å²) in [6.07, 6.45) is 5.95. The first-order valence-electron chi connectivity index (χ1n) is 11.8. The van der Waals surface area contributed by atoms with Gasteiger partial charge in [-0.15, -0.1) is 0 Å². The monoisotopic (exact) mass is 526 g/mol. The molecule has 36 heavy (non-hydrogen) atoms. The second-order valence-electron chi connectivity index (χ2n) is 9.54. The standard InChI is InChI=1S/C28H25Cl2FN2O3/c1-28(2)11-10-23-26(36-28)25(27(34)33-14-22(31)20-9-8-18(29)13-21(20)30)24(15-32-23)35-19-5-3-4-17(12-19)16-6-7-16/h3-5,8-13,15-16,22H,6-7,14H2,1-2H3,(H,33,34). The van der Waals surface area contributed by atoms with Crippen LogP contribution in [0.25, 0.3) is 6.08 Å². The number of halogens is 3. The van der Waals surface area contributed by atoms with Gasteiger partial charge in [-0.1, -0.05) is 41.4 Å². The van der Waals surface area contributed by atoms with Gasteiger partial charge in [0, 0.05) is 15.6 Å². The van der Waals surface area contributed by atoms with Crippen molar-refractivity contribution < 1.29 is 18.7 Å². The van der Waals surface area contributed by atoms with E-state index in [1.165, 1.54) is 23.9 Å². The lowest BCUT2D eigenvalue weighted by Gasteiger charge is -2.29. The van der Waals surface area contributed by atoms with Gasteiger partial charge in [-0.2, -0.15) is 0 Å². The number of carbonyl (C=O) groups is 1. The molecular weight excluding hydrogens is 502 g/mol. The zero-order valence-electron chi connectivity index (χ0n) is 19.9. The summed E-state index contributed by atoms with van der Waals surface area (Å²) in [6, 6.07) is 12.3. The molecule has 0 spiro atoms. The first-order chi connectivity index (χ1) is 17.2. The van der Waals surface area contributed by atoms with Crippen LogP contribution in [-0.2, 0) is 0 Å². The zero-order chi connectivity index (χ0) is 25.4. The van der Waals surface area contributed by atoms with E-state index in [4.69, 9.17) is 32.7 Å². The molecule has 1 N–H and O–H groups in total. The summed E-state index contributed by atoms with van der Waals surface area (Å²) in [7, 11) is 0. The Bertz CT molecular complexity index is 1350. The van der Waals surface area contributed by atoms with Crippen molar-refractivity contribution in [3.05, 3.63) is 87.2 Å². The number of aromatic nitrogens is 1. The predicted molar refractivity (Wildman–Crippen MR) is 139 cm³/mol. The third-order valence-corrected chi connectivity index (χ3v) is 6.70. The molecule has 2 heterocycles. The maximum Gasteiger partial charge on any atom is 0.259 e. The van der Waals surface area contributed by atoms with E-state index in [0.29, 0.717) is 22.4 Å². The van der Waals surface area contributed by atoms with Gasteiger partial charge in [0.2, 0.25) is 0 Å². The van der Waals surface area contributed by atoms with Gasteiger partial charge in [-0.25, -0.2) is 9.37 Å². The summed E-state index contributed by atoms with van der Waals surface area (Å²) in [6.45, 7) is 3.45. The molecule has 1 aliphatic heterocycles. The lowest BCUT2D eigenvalue weighted by atomic mass is 10.0. The molecule has 186 valence electrons. The summed E-state index contributed by atoms with van der Waals surface area (Å²) in [4.78, 5) is 17.9. The Morgan fingerprint density at radius 3 is 2.81 bits per heavy atom. The highest BCUT2D eigenvalue weighted by Gasteiger charge is 2.31. The number of ether oxygens (including phenoxy) is 2. The fourth-order valence-corrected chi connectivity index (χ4v) is 4.62. The molecule has 1 saturated carbocycles. The highest BCUT2D eigenvalue weighted by atomic mass is 35.5. The minimum Gasteiger partial charge on any atom is -0.481 e. The molecule has 0 radical (unpaired) electrons. The molecule has 0 bridgehead atoms. The van der Waals surface area contributed by atoms with Gasteiger partial charge in [-0.3, -0.25) is 4.79 Å². The number of carbonyl (C=O) groups excluding carboxylic acids is 1. The van der Waals surface area contributed by atoms with Crippen molar-refractivity contribution in [1.82, 2.24) is 10.3 Å². The Labute approximate surface area is 219 Å². The second kappa shape index (κ2) is 9.75. The average Bonchev–Trinajstić information content (AvgIpc) is 3.67. The molecule has 2 aromatic carbocycles. The molecule has 1 aliphatic carbocycles. The van der Waals surface area contributed by atoms with Crippen LogP contribution in [0.3, 0.4) is 0 Å². The summed E-state index contributed by atoms with van der Waals surface area (Å²) in [5, 5.41) is 3.27. The van der Waals surface area contributed by atoms with Crippen molar-refractivity contribution in [2.45, 2.75) is 44.4 Å². The van der Waals surface area contributed by atoms with Crippen LogP contribution in [0.2, 0.25) is 10.0 Å². The van der Waals surface area contributed by atoms with Gasteiger partial charge in [-0.05, 0) is 74.6 Å². The third kappa shape index (κ3) is 5.35. The number of pyridine rings is 1. The summed E-state index contributed by atoms with van der Waals surface area (Å²) in [5.41, 5.74) is 1.43. The van der Waals surface area contributed by atoms with Crippen LogP contribution in [0, 0.1) is 0 Å². The Balaban J connectivity index is 1.44. The smallest absolute Gasteiger partial charge is 0.259 e. The van der Waals surface area contributed by atoms with Crippen LogP contribution in [0.1, 0.15) is 66.0 Å². The van der Waals surface area contributed by atoms with Crippen molar-refractivity contribution in [2.75, 3.05) is 6.54 Å². The maximum absolute atomic E-state index is 15.0. The van der Waals surface area contributed by atoms with Crippen molar-refractivity contribution in [2.24, 2.45) is 0 Å². The fourth-order valence-electron chi connectivity index (χ4n) is 4.09. The number of amides is 1. The van der Waals surface area contributed by atoms with Crippen LogP contribution in [0.4, 0.5) is 4.39 Å². The van der Waals surface area contributed by atoms with E-state index < -0.39 is 17.7 Å². The van der Waals surface area contributed by atoms with Gasteiger partial charge >= 0.3 is 0 Å². The molecule has 1 aromatic heterocycles. The van der Waals surface area contributed by atoms with E-state index in [1.54, 1.807) is 12.1 Å². The third-order valence-electron chi connectivity index (χ3n) is 6.14. The van der Waals surface area contributed by atoms with Crippen LogP contribution >= 0.6 is 23.2 Å². The first kappa shape index (κ1) is 24.6. The van der Waals surface area contributed by atoms with Crippen LogP contribution < -0.4 is 14.8 Å². The van der Waals surface area contributed by atoms with Crippen molar-refractivity contribution in [3.63, 3.8) is 0 Å². The zero-order valence-corrected chi connectivity index (χ0v) is 21.4. The van der Waals surface area contributed by atoms with E-state index in [9.17, 15) is 4.79 Å². The Kier molecular flexibility index (Phi) is 6.66. The number of nitrogens with one attached hydrogen (secondary N) is 1. The molecule has 1 unspecified atom stereocenters. The number of hydrogen-bond donors (Lipinski definition) is 1. The van der Waals surface area contributed by atoms with E-state index >= 15 is 4.39 Å². The Morgan fingerprint density at radius 1 is 1.25 bits per heavy atom. The number of hydrogen-bond acceptors (Lipinski definition) is 4. The number of nitrogens with zero attached hydrogens (tertiary/aromatic N) is 1. The largest absolute Gasteiger partial charge is 0.481 e. The lowest BCUT2D eigenvalue weighted by Crippen LogP contribution is -2.32. The minimum atomic E-state index is -1.53. The van der Waals surface area contributed by atoms with E-state index in [-0.39, 0.29) is 34.2 Å². The SMILES string of the molecule is CC1(C)C=Cc2ncc(Oc3cccc(C4CC4)c3)c(C(=O)NCC(F)c3ccc(Cl)cc3Cl)c2O1. The van der Waals surface area contributed by atoms with Crippen molar-refractivity contribution in [3.8, 4) is 17.2 Å². The molecule has 1 atom stereocenters. The van der Waals surface area contributed by atoms with E-state index in [1.807, 2.05) is 38.1 Å². The molecule has 5 nitrogen and oxygen atoms in total. The summed E-state index contributed by atoms with van der Waals surface area (Å²) < 4.78 is 27.3. The van der Waals surface area contributed by atoms with Gasteiger partial charge in [0.25, 0.3) is 5.91 Å². The van der Waals surface area contributed by atoms with Crippen molar-refractivity contribution in [1.29, 1.82) is 0 Å². The molecule has 0 saturated heterocycles. The van der Waals surface area contributed by atoms with E-state index in [0.717, 1.165) is 12.8 Å². The molecular formula is C28H25Cl2FN2O3. The summed E-state index contributed by atoms with van der Waals surface area (Å²) in [5.74, 6) is 1.12. The number of benzene rings is 2. The Morgan fingerprint density at radius 2 is 2.06 bits per heavy atom. The number of alkyl halides is 1. The Hall–Kier alpha value is -3.09. The number of fused-ring (bicyclic) bond motifs is 1. The van der Waals surface area contributed by atoms with Crippen LogP contribution in [-0.4, -0.2) is 23.0 Å². The quantitative estimate of drug-likeness (QED) is 0.342. The van der Waals surface area contributed by atoms with E-state index in [2.05, 4.69) is 16.4 Å². The maximum atomic E-state index is 15.0. The fraction of sp³-hybridized carbons (Fsp3) is 0.286. The predicted octanol–water partition coefficient (Wildman–Crippen LogP) is 7.68. The van der Waals surface area contributed by atoms with Crippen LogP contribution in [0.15, 0.2) is 54.7 Å².